The maximum absolute atomic E-state index is 12.0. The Bertz CT molecular complexity index is 776. The lowest BCUT2D eigenvalue weighted by molar-refractivity contribution is -0.120. The van der Waals surface area contributed by atoms with Crippen LogP contribution in [-0.2, 0) is 21.2 Å². The van der Waals surface area contributed by atoms with Gasteiger partial charge in [0.2, 0.25) is 15.9 Å². The molecule has 128 valence electrons. The van der Waals surface area contributed by atoms with E-state index in [-0.39, 0.29) is 24.6 Å². The van der Waals surface area contributed by atoms with Gasteiger partial charge in [0.05, 0.1) is 19.3 Å². The second-order valence-corrected chi connectivity index (χ2v) is 6.97. The molecule has 0 spiro atoms. The number of carbonyl (C=O) groups is 1. The lowest BCUT2D eigenvalue weighted by atomic mass is 10.1. The number of rotatable bonds is 8. The van der Waals surface area contributed by atoms with Crippen molar-refractivity contribution in [3.63, 3.8) is 0 Å². The summed E-state index contributed by atoms with van der Waals surface area (Å²) < 4.78 is 31.6. The summed E-state index contributed by atoms with van der Waals surface area (Å²) in [6.45, 7) is 0.0378. The standard InChI is InChI=1S/C17H20N2O4S/c1-23-16-10-6-5-7-14(16)13-17(20)18-11-12-24(21,22)19-15-8-3-2-4-9-15/h2-10,19H,11-13H2,1H3,(H,18,20). The maximum Gasteiger partial charge on any atom is 0.234 e. The predicted molar refractivity (Wildman–Crippen MR) is 93.6 cm³/mol. The number of anilines is 1. The van der Waals surface area contributed by atoms with Crippen LogP contribution in [0.25, 0.3) is 0 Å². The van der Waals surface area contributed by atoms with Crippen molar-refractivity contribution in [1.29, 1.82) is 0 Å². The zero-order valence-electron chi connectivity index (χ0n) is 13.4. The summed E-state index contributed by atoms with van der Waals surface area (Å²) in [5.74, 6) is 0.181. The summed E-state index contributed by atoms with van der Waals surface area (Å²) in [5, 5.41) is 2.61. The smallest absolute Gasteiger partial charge is 0.234 e. The van der Waals surface area contributed by atoms with Crippen LogP contribution in [0.15, 0.2) is 54.6 Å². The molecule has 6 nitrogen and oxygen atoms in total. The van der Waals surface area contributed by atoms with Crippen molar-refractivity contribution in [3.8, 4) is 5.75 Å². The fraction of sp³-hybridized carbons (Fsp3) is 0.235. The molecule has 0 heterocycles. The van der Waals surface area contributed by atoms with Gasteiger partial charge in [-0.2, -0.15) is 0 Å². The van der Waals surface area contributed by atoms with E-state index in [1.165, 1.54) is 0 Å². The highest BCUT2D eigenvalue weighted by atomic mass is 32.2. The Kier molecular flexibility index (Phi) is 6.20. The third-order valence-electron chi connectivity index (χ3n) is 3.28. The molecular formula is C17H20N2O4S. The van der Waals surface area contributed by atoms with Crippen molar-refractivity contribution in [2.45, 2.75) is 6.42 Å². The van der Waals surface area contributed by atoms with Crippen molar-refractivity contribution in [2.24, 2.45) is 0 Å². The molecule has 2 aromatic rings. The Morgan fingerprint density at radius 1 is 1.04 bits per heavy atom. The van der Waals surface area contributed by atoms with Crippen LogP contribution in [0.4, 0.5) is 5.69 Å². The minimum absolute atomic E-state index is 0.0378. The molecular weight excluding hydrogens is 328 g/mol. The Morgan fingerprint density at radius 2 is 1.71 bits per heavy atom. The molecule has 2 aromatic carbocycles. The Hall–Kier alpha value is -2.54. The van der Waals surface area contributed by atoms with Gasteiger partial charge in [-0.3, -0.25) is 9.52 Å². The lowest BCUT2D eigenvalue weighted by Crippen LogP contribution is -2.32. The summed E-state index contributed by atoms with van der Waals surface area (Å²) in [7, 11) is -1.97. The molecule has 0 atom stereocenters. The SMILES string of the molecule is COc1ccccc1CC(=O)NCCS(=O)(=O)Nc1ccccc1. The minimum atomic E-state index is -3.51. The number of sulfonamides is 1. The molecule has 2 rings (SSSR count). The van der Waals surface area contributed by atoms with Crippen molar-refractivity contribution in [1.82, 2.24) is 5.32 Å². The van der Waals surface area contributed by atoms with Gasteiger partial charge in [-0.05, 0) is 18.2 Å². The van der Waals surface area contributed by atoms with Crippen LogP contribution >= 0.6 is 0 Å². The number of nitrogens with one attached hydrogen (secondary N) is 2. The zero-order chi connectivity index (χ0) is 17.4. The van der Waals surface area contributed by atoms with E-state index < -0.39 is 10.0 Å². The third kappa shape index (κ3) is 5.58. The van der Waals surface area contributed by atoms with Gasteiger partial charge in [-0.15, -0.1) is 0 Å². The lowest BCUT2D eigenvalue weighted by Gasteiger charge is -2.10. The van der Waals surface area contributed by atoms with Crippen LogP contribution in [0.2, 0.25) is 0 Å². The number of benzene rings is 2. The highest BCUT2D eigenvalue weighted by Crippen LogP contribution is 2.17. The van der Waals surface area contributed by atoms with E-state index in [2.05, 4.69) is 10.0 Å². The number of hydrogen-bond donors (Lipinski definition) is 2. The van der Waals surface area contributed by atoms with Gasteiger partial charge in [0, 0.05) is 17.8 Å². The summed E-state index contributed by atoms with van der Waals surface area (Å²) in [5.41, 5.74) is 1.25. The van der Waals surface area contributed by atoms with Gasteiger partial charge in [0.15, 0.2) is 0 Å². The van der Waals surface area contributed by atoms with Gasteiger partial charge >= 0.3 is 0 Å². The van der Waals surface area contributed by atoms with Crippen LogP contribution in [0.1, 0.15) is 5.56 Å². The molecule has 7 heteroatoms. The van der Waals surface area contributed by atoms with Crippen molar-refractivity contribution in [3.05, 3.63) is 60.2 Å². The van der Waals surface area contributed by atoms with Crippen LogP contribution in [0, 0.1) is 0 Å². The van der Waals surface area contributed by atoms with E-state index in [1.54, 1.807) is 49.6 Å². The van der Waals surface area contributed by atoms with Gasteiger partial charge in [0.25, 0.3) is 0 Å². The monoisotopic (exact) mass is 348 g/mol. The number of para-hydroxylation sites is 2. The highest BCUT2D eigenvalue weighted by molar-refractivity contribution is 7.92. The fourth-order valence-corrected chi connectivity index (χ4v) is 3.11. The number of ether oxygens (including phenoxy) is 1. The topological polar surface area (TPSA) is 84.5 Å². The molecule has 1 amide bonds. The molecule has 0 saturated carbocycles. The average molecular weight is 348 g/mol. The Balaban J connectivity index is 1.82. The van der Waals surface area contributed by atoms with Gasteiger partial charge in [0.1, 0.15) is 5.75 Å². The van der Waals surface area contributed by atoms with Crippen LogP contribution < -0.4 is 14.8 Å². The molecule has 2 N–H and O–H groups in total. The van der Waals surface area contributed by atoms with Gasteiger partial charge < -0.3 is 10.1 Å². The fourth-order valence-electron chi connectivity index (χ4n) is 2.15. The van der Waals surface area contributed by atoms with Crippen LogP contribution in [0.5, 0.6) is 5.75 Å². The van der Waals surface area contributed by atoms with Crippen molar-refractivity contribution in [2.75, 3.05) is 24.1 Å². The third-order valence-corrected chi connectivity index (χ3v) is 4.57. The van der Waals surface area contributed by atoms with E-state index >= 15 is 0 Å². The number of methoxy groups -OCH3 is 1. The molecule has 0 saturated heterocycles. The predicted octanol–water partition coefficient (Wildman–Crippen LogP) is 1.80. The summed E-state index contributed by atoms with van der Waals surface area (Å²) in [6, 6.07) is 15.8. The van der Waals surface area contributed by atoms with Gasteiger partial charge in [-0.1, -0.05) is 36.4 Å². The number of hydrogen-bond acceptors (Lipinski definition) is 4. The molecule has 0 aliphatic carbocycles. The van der Waals surface area contributed by atoms with E-state index in [4.69, 9.17) is 4.74 Å². The van der Waals surface area contributed by atoms with E-state index in [9.17, 15) is 13.2 Å². The van der Waals surface area contributed by atoms with Crippen LogP contribution in [0.3, 0.4) is 0 Å². The molecule has 0 radical (unpaired) electrons. The Morgan fingerprint density at radius 3 is 2.42 bits per heavy atom. The van der Waals surface area contributed by atoms with Crippen molar-refractivity contribution >= 4 is 21.6 Å². The maximum atomic E-state index is 12.0. The summed E-state index contributed by atoms with van der Waals surface area (Å²) in [6.07, 6.45) is 0.135. The first-order chi connectivity index (χ1) is 11.5. The van der Waals surface area contributed by atoms with Gasteiger partial charge in [-0.25, -0.2) is 8.42 Å². The second kappa shape index (κ2) is 8.35. The Labute approximate surface area is 141 Å². The molecule has 0 aliphatic rings. The highest BCUT2D eigenvalue weighted by Gasteiger charge is 2.12. The molecule has 0 aromatic heterocycles. The number of carbonyl (C=O) groups excluding carboxylic acids is 1. The largest absolute Gasteiger partial charge is 0.496 e. The zero-order valence-corrected chi connectivity index (χ0v) is 14.2. The van der Waals surface area contributed by atoms with E-state index in [1.807, 2.05) is 12.1 Å². The normalized spacial score (nSPS) is 10.9. The summed E-state index contributed by atoms with van der Waals surface area (Å²) >= 11 is 0. The molecule has 0 aliphatic heterocycles. The summed E-state index contributed by atoms with van der Waals surface area (Å²) in [4.78, 5) is 11.9. The molecule has 0 bridgehead atoms. The molecule has 0 unspecified atom stereocenters. The molecule has 24 heavy (non-hydrogen) atoms. The minimum Gasteiger partial charge on any atom is -0.496 e. The first kappa shape index (κ1) is 17.8. The second-order valence-electron chi connectivity index (χ2n) is 5.13. The first-order valence-corrected chi connectivity index (χ1v) is 9.09. The quantitative estimate of drug-likeness (QED) is 0.762. The van der Waals surface area contributed by atoms with E-state index in [0.29, 0.717) is 11.4 Å². The first-order valence-electron chi connectivity index (χ1n) is 7.44. The van der Waals surface area contributed by atoms with Crippen LogP contribution in [-0.4, -0.2) is 33.7 Å². The molecule has 0 fully saturated rings. The average Bonchev–Trinajstić information content (AvgIpc) is 2.55. The number of amides is 1. The van der Waals surface area contributed by atoms with E-state index in [0.717, 1.165) is 5.56 Å². The van der Waals surface area contributed by atoms with Crippen molar-refractivity contribution < 1.29 is 17.9 Å².